The smallest absolute Gasteiger partial charge is 0.252 e. The van der Waals surface area contributed by atoms with Crippen LogP contribution in [0.1, 0.15) is 35.2 Å². The molecule has 0 radical (unpaired) electrons. The summed E-state index contributed by atoms with van der Waals surface area (Å²) in [5.74, 6) is -0.385. The molecule has 0 saturated carbocycles. The fraction of sp³-hybridized carbons (Fsp3) is 0.333. The Kier molecular flexibility index (Phi) is 5.86. The number of hydrogen-bond acceptors (Lipinski definition) is 3. The number of likely N-dealkylation sites (tertiary alicyclic amines) is 1. The van der Waals surface area contributed by atoms with Gasteiger partial charge in [-0.1, -0.05) is 18.1 Å². The Morgan fingerprint density at radius 2 is 1.83 bits per heavy atom. The van der Waals surface area contributed by atoms with E-state index in [2.05, 4.69) is 10.2 Å². The van der Waals surface area contributed by atoms with E-state index in [-0.39, 0.29) is 11.7 Å². The van der Waals surface area contributed by atoms with Crippen molar-refractivity contribution in [3.8, 4) is 11.3 Å². The molecule has 0 aliphatic carbocycles. The van der Waals surface area contributed by atoms with Gasteiger partial charge in [-0.15, -0.1) is 0 Å². The Balaban J connectivity index is 1.61. The van der Waals surface area contributed by atoms with Gasteiger partial charge in [0.05, 0.1) is 16.8 Å². The van der Waals surface area contributed by atoms with Crippen molar-refractivity contribution in [1.82, 2.24) is 15.2 Å². The zero-order chi connectivity index (χ0) is 20.2. The van der Waals surface area contributed by atoms with E-state index in [0.717, 1.165) is 41.7 Å². The summed E-state index contributed by atoms with van der Waals surface area (Å²) in [5.41, 5.74) is 3.91. The van der Waals surface area contributed by atoms with Crippen LogP contribution in [0, 0.1) is 12.7 Å². The lowest BCUT2D eigenvalue weighted by Crippen LogP contribution is -2.37. The number of nitrogens with one attached hydrogen (secondary N) is 1. The molecular formula is C24H26FN3O. The van der Waals surface area contributed by atoms with E-state index < -0.39 is 0 Å². The normalized spacial score (nSPS) is 14.8. The number of halogens is 1. The van der Waals surface area contributed by atoms with Gasteiger partial charge in [-0.25, -0.2) is 9.37 Å². The maximum absolute atomic E-state index is 13.3. The van der Waals surface area contributed by atoms with E-state index >= 15 is 0 Å². The summed E-state index contributed by atoms with van der Waals surface area (Å²) in [6.45, 7) is 5.73. The van der Waals surface area contributed by atoms with Crippen LogP contribution in [0.25, 0.3) is 22.2 Å². The molecule has 1 N–H and O–H groups in total. The van der Waals surface area contributed by atoms with Crippen molar-refractivity contribution in [2.45, 2.75) is 26.2 Å². The number of piperidine rings is 1. The Hall–Kier alpha value is -2.79. The Labute approximate surface area is 170 Å². The predicted molar refractivity (Wildman–Crippen MR) is 114 cm³/mol. The number of rotatable bonds is 5. The van der Waals surface area contributed by atoms with Crippen LogP contribution < -0.4 is 5.32 Å². The third kappa shape index (κ3) is 4.62. The van der Waals surface area contributed by atoms with Crippen molar-refractivity contribution in [3.63, 3.8) is 0 Å². The molecule has 1 aliphatic heterocycles. The second kappa shape index (κ2) is 8.70. The van der Waals surface area contributed by atoms with Gasteiger partial charge >= 0.3 is 0 Å². The highest BCUT2D eigenvalue weighted by molar-refractivity contribution is 6.07. The van der Waals surface area contributed by atoms with E-state index in [1.165, 1.54) is 31.4 Å². The van der Waals surface area contributed by atoms with Crippen molar-refractivity contribution in [1.29, 1.82) is 0 Å². The molecule has 29 heavy (non-hydrogen) atoms. The van der Waals surface area contributed by atoms with Crippen LogP contribution in [0.5, 0.6) is 0 Å². The highest BCUT2D eigenvalue weighted by Gasteiger charge is 2.15. The molecule has 4 rings (SSSR count). The van der Waals surface area contributed by atoms with Crippen LogP contribution in [-0.2, 0) is 0 Å². The predicted octanol–water partition coefficient (Wildman–Crippen LogP) is 4.57. The second-order valence-corrected chi connectivity index (χ2v) is 7.74. The molecule has 2 aromatic carbocycles. The maximum atomic E-state index is 13.3. The molecule has 0 atom stereocenters. The first-order valence-corrected chi connectivity index (χ1v) is 10.3. The summed E-state index contributed by atoms with van der Waals surface area (Å²) >= 11 is 0. The average Bonchev–Trinajstić information content (AvgIpc) is 2.74. The quantitative estimate of drug-likeness (QED) is 0.693. The van der Waals surface area contributed by atoms with Gasteiger partial charge in [0.15, 0.2) is 0 Å². The minimum absolute atomic E-state index is 0.0941. The van der Waals surface area contributed by atoms with Gasteiger partial charge in [0.25, 0.3) is 5.91 Å². The molecule has 1 aromatic heterocycles. The molecule has 1 amide bonds. The molecule has 2 heterocycles. The Morgan fingerprint density at radius 3 is 2.59 bits per heavy atom. The van der Waals surface area contributed by atoms with Crippen molar-refractivity contribution in [2.75, 3.05) is 26.2 Å². The fourth-order valence-electron chi connectivity index (χ4n) is 3.90. The first kappa shape index (κ1) is 19.5. The van der Waals surface area contributed by atoms with Crippen molar-refractivity contribution in [2.24, 2.45) is 0 Å². The van der Waals surface area contributed by atoms with Gasteiger partial charge in [-0.2, -0.15) is 0 Å². The molecule has 3 aromatic rings. The SMILES string of the molecule is Cc1ccc2nc(-c3ccc(F)cc3)cc(C(=O)NCCN3CCCCC3)c2c1. The van der Waals surface area contributed by atoms with Gasteiger partial charge in [0.2, 0.25) is 0 Å². The van der Waals surface area contributed by atoms with E-state index in [9.17, 15) is 9.18 Å². The van der Waals surface area contributed by atoms with Crippen LogP contribution in [0.4, 0.5) is 4.39 Å². The highest BCUT2D eigenvalue weighted by atomic mass is 19.1. The minimum Gasteiger partial charge on any atom is -0.351 e. The van der Waals surface area contributed by atoms with Crippen molar-refractivity contribution >= 4 is 16.8 Å². The second-order valence-electron chi connectivity index (χ2n) is 7.74. The van der Waals surface area contributed by atoms with Crippen LogP contribution in [-0.4, -0.2) is 42.0 Å². The van der Waals surface area contributed by atoms with Gasteiger partial charge in [0.1, 0.15) is 5.82 Å². The highest BCUT2D eigenvalue weighted by Crippen LogP contribution is 2.26. The summed E-state index contributed by atoms with van der Waals surface area (Å²) in [4.78, 5) is 20.1. The van der Waals surface area contributed by atoms with E-state index in [1.54, 1.807) is 12.1 Å². The third-order valence-corrected chi connectivity index (χ3v) is 5.51. The number of pyridine rings is 1. The zero-order valence-corrected chi connectivity index (χ0v) is 16.7. The lowest BCUT2D eigenvalue weighted by atomic mass is 10.0. The maximum Gasteiger partial charge on any atom is 0.252 e. The first-order valence-electron chi connectivity index (χ1n) is 10.3. The number of aryl methyl sites for hydroxylation is 1. The molecule has 0 unspecified atom stereocenters. The van der Waals surface area contributed by atoms with Gasteiger partial charge in [-0.3, -0.25) is 4.79 Å². The minimum atomic E-state index is -0.291. The van der Waals surface area contributed by atoms with E-state index in [0.29, 0.717) is 17.8 Å². The standard InChI is InChI=1S/C24H26FN3O/c1-17-5-10-22-20(15-17)21(16-23(27-22)18-6-8-19(25)9-7-18)24(29)26-11-14-28-12-3-2-4-13-28/h5-10,15-16H,2-4,11-14H2,1H3,(H,26,29). The van der Waals surface area contributed by atoms with E-state index in [4.69, 9.17) is 4.98 Å². The van der Waals surface area contributed by atoms with Gasteiger partial charge in [-0.05, 0) is 75.3 Å². The summed E-state index contributed by atoms with van der Waals surface area (Å²) in [5, 5.41) is 3.92. The van der Waals surface area contributed by atoms with Gasteiger partial charge in [0, 0.05) is 24.0 Å². The number of carbonyl (C=O) groups excluding carboxylic acids is 1. The molecular weight excluding hydrogens is 365 g/mol. The average molecular weight is 391 g/mol. The fourth-order valence-corrected chi connectivity index (χ4v) is 3.90. The Morgan fingerprint density at radius 1 is 1.07 bits per heavy atom. The molecule has 4 nitrogen and oxygen atoms in total. The van der Waals surface area contributed by atoms with Crippen molar-refractivity contribution in [3.05, 3.63) is 65.5 Å². The number of amides is 1. The number of benzene rings is 2. The number of nitrogens with zero attached hydrogens (tertiary/aromatic N) is 2. The molecule has 0 spiro atoms. The van der Waals surface area contributed by atoms with Crippen LogP contribution in [0.2, 0.25) is 0 Å². The summed E-state index contributed by atoms with van der Waals surface area (Å²) in [6, 6.07) is 13.9. The van der Waals surface area contributed by atoms with Gasteiger partial charge < -0.3 is 10.2 Å². The van der Waals surface area contributed by atoms with Crippen LogP contribution >= 0.6 is 0 Å². The summed E-state index contributed by atoms with van der Waals surface area (Å²) < 4.78 is 13.3. The number of hydrogen-bond donors (Lipinski definition) is 1. The lowest BCUT2D eigenvalue weighted by Gasteiger charge is -2.26. The Bertz CT molecular complexity index is 1010. The topological polar surface area (TPSA) is 45.2 Å². The van der Waals surface area contributed by atoms with Crippen molar-refractivity contribution < 1.29 is 9.18 Å². The zero-order valence-electron chi connectivity index (χ0n) is 16.7. The lowest BCUT2D eigenvalue weighted by molar-refractivity contribution is 0.0948. The summed E-state index contributed by atoms with van der Waals surface area (Å²) in [6.07, 6.45) is 3.78. The van der Waals surface area contributed by atoms with Crippen LogP contribution in [0.3, 0.4) is 0 Å². The number of carbonyl (C=O) groups is 1. The molecule has 0 bridgehead atoms. The molecule has 1 saturated heterocycles. The number of fused-ring (bicyclic) bond motifs is 1. The monoisotopic (exact) mass is 391 g/mol. The summed E-state index contributed by atoms with van der Waals surface area (Å²) in [7, 11) is 0. The van der Waals surface area contributed by atoms with E-state index in [1.807, 2.05) is 31.2 Å². The molecule has 1 aliphatic rings. The molecule has 5 heteroatoms. The molecule has 1 fully saturated rings. The largest absolute Gasteiger partial charge is 0.351 e. The number of aromatic nitrogens is 1. The third-order valence-electron chi connectivity index (χ3n) is 5.51. The first-order chi connectivity index (χ1) is 14.1. The molecule has 150 valence electrons. The van der Waals surface area contributed by atoms with Crippen LogP contribution in [0.15, 0.2) is 48.5 Å².